The molecule has 0 heterocycles. The Hall–Kier alpha value is -1.92. The Labute approximate surface area is 417 Å². The summed E-state index contributed by atoms with van der Waals surface area (Å²) in [6.07, 6.45) is 69.9. The van der Waals surface area contributed by atoms with Crippen molar-refractivity contribution in [3.8, 4) is 0 Å². The van der Waals surface area contributed by atoms with E-state index in [-0.39, 0.29) is 18.5 Å². The number of rotatable bonds is 55. The molecule has 0 saturated heterocycles. The lowest BCUT2D eigenvalue weighted by Crippen LogP contribution is -2.45. The number of hydrogen-bond donors (Lipinski definition) is 3. The second-order valence-electron chi connectivity index (χ2n) is 20.3. The summed E-state index contributed by atoms with van der Waals surface area (Å²) in [5.41, 5.74) is 0. The summed E-state index contributed by atoms with van der Waals surface area (Å²) in [6, 6.07) is -0.547. The van der Waals surface area contributed by atoms with Gasteiger partial charge in [-0.15, -0.1) is 0 Å². The Bertz CT molecular complexity index is 1090. The normalized spacial score (nSPS) is 12.8. The summed E-state index contributed by atoms with van der Waals surface area (Å²) in [4.78, 5) is 24.5. The molecule has 67 heavy (non-hydrogen) atoms. The van der Waals surface area contributed by atoms with Crippen LogP contribution in [-0.4, -0.2) is 47.4 Å². The molecule has 0 radical (unpaired) electrons. The van der Waals surface area contributed by atoms with Crippen LogP contribution >= 0.6 is 0 Å². The summed E-state index contributed by atoms with van der Waals surface area (Å²) in [5.74, 6) is -0.0485. The minimum absolute atomic E-state index is 0.00649. The van der Waals surface area contributed by atoms with Crippen LogP contribution in [0.15, 0.2) is 36.5 Å². The molecule has 3 N–H and O–H groups in total. The molecule has 0 aliphatic heterocycles. The maximum atomic E-state index is 12.5. The van der Waals surface area contributed by atoms with Crippen molar-refractivity contribution in [2.75, 3.05) is 13.2 Å². The molecule has 0 aliphatic rings. The van der Waals surface area contributed by atoms with E-state index in [1.165, 1.54) is 231 Å². The lowest BCUT2D eigenvalue weighted by atomic mass is 10.0. The highest BCUT2D eigenvalue weighted by atomic mass is 16.5. The van der Waals surface area contributed by atoms with Gasteiger partial charge in [0.25, 0.3) is 0 Å². The van der Waals surface area contributed by atoms with Gasteiger partial charge in [-0.05, 0) is 77.0 Å². The number of carbonyl (C=O) groups excluding carboxylic acids is 2. The molecule has 0 aromatic rings. The first kappa shape index (κ1) is 65.1. The van der Waals surface area contributed by atoms with Crippen molar-refractivity contribution < 1.29 is 24.5 Å². The highest BCUT2D eigenvalue weighted by molar-refractivity contribution is 5.76. The van der Waals surface area contributed by atoms with Crippen LogP contribution in [-0.2, 0) is 14.3 Å². The van der Waals surface area contributed by atoms with Crippen molar-refractivity contribution in [2.24, 2.45) is 0 Å². The number of carbonyl (C=O) groups is 2. The molecule has 0 aromatic carbocycles. The molecular weight excluding hydrogens is 827 g/mol. The van der Waals surface area contributed by atoms with Crippen molar-refractivity contribution >= 4 is 11.9 Å². The summed E-state index contributed by atoms with van der Waals surface area (Å²) in [5, 5.41) is 23.3. The molecule has 0 spiro atoms. The van der Waals surface area contributed by atoms with Crippen molar-refractivity contribution in [1.82, 2.24) is 5.32 Å². The third kappa shape index (κ3) is 53.3. The van der Waals surface area contributed by atoms with Crippen molar-refractivity contribution in [1.29, 1.82) is 0 Å². The Kier molecular flexibility index (Phi) is 55.0. The average molecular weight is 943 g/mol. The maximum absolute atomic E-state index is 12.5. The molecule has 6 nitrogen and oxygen atoms in total. The molecule has 0 fully saturated rings. The molecule has 0 aliphatic carbocycles. The van der Waals surface area contributed by atoms with E-state index in [1.54, 1.807) is 0 Å². The standard InChI is InChI=1S/C61H115NO5/c1-3-5-7-9-11-13-15-17-26-29-33-37-41-45-49-53-59(64)58(57-63)62-60(65)54-50-46-42-38-34-30-27-24-22-20-19-21-23-25-28-32-36-40-44-48-52-56-67-61(66)55-51-47-43-39-35-31-18-16-14-12-10-8-6-4-2/h10,12,16,18,20,22,58-59,63-64H,3-9,11,13-15,17,19,21,23-57H2,1-2H3,(H,62,65)/b12-10-,18-16-,22-20-. The van der Waals surface area contributed by atoms with Crippen LogP contribution in [0.5, 0.6) is 0 Å². The fourth-order valence-electron chi connectivity index (χ4n) is 9.06. The third-order valence-electron chi connectivity index (χ3n) is 13.7. The monoisotopic (exact) mass is 942 g/mol. The highest BCUT2D eigenvalue weighted by Crippen LogP contribution is 2.17. The zero-order valence-electron chi connectivity index (χ0n) is 44.9. The van der Waals surface area contributed by atoms with Crippen LogP contribution in [0.3, 0.4) is 0 Å². The second-order valence-corrected chi connectivity index (χ2v) is 20.3. The van der Waals surface area contributed by atoms with E-state index in [4.69, 9.17) is 4.74 Å². The van der Waals surface area contributed by atoms with E-state index < -0.39 is 12.1 Å². The number of allylic oxidation sites excluding steroid dienone is 6. The van der Waals surface area contributed by atoms with Gasteiger partial charge in [0.05, 0.1) is 25.4 Å². The van der Waals surface area contributed by atoms with E-state index in [1.807, 2.05) is 0 Å². The molecule has 0 bridgehead atoms. The largest absolute Gasteiger partial charge is 0.466 e. The molecule has 0 saturated carbocycles. The van der Waals surface area contributed by atoms with Crippen molar-refractivity contribution in [2.45, 2.75) is 328 Å². The minimum atomic E-state index is -0.669. The van der Waals surface area contributed by atoms with Gasteiger partial charge in [0.15, 0.2) is 0 Å². The molecule has 0 rings (SSSR count). The molecule has 0 aromatic heterocycles. The Morgan fingerprint density at radius 2 is 0.761 bits per heavy atom. The van der Waals surface area contributed by atoms with Crippen LogP contribution in [0.1, 0.15) is 316 Å². The first-order valence-electron chi connectivity index (χ1n) is 29.7. The summed E-state index contributed by atoms with van der Waals surface area (Å²) in [7, 11) is 0. The number of hydrogen-bond acceptors (Lipinski definition) is 5. The number of nitrogens with one attached hydrogen (secondary N) is 1. The van der Waals surface area contributed by atoms with Gasteiger partial charge in [-0.3, -0.25) is 9.59 Å². The van der Waals surface area contributed by atoms with Gasteiger partial charge < -0.3 is 20.3 Å². The zero-order valence-corrected chi connectivity index (χ0v) is 44.9. The number of ether oxygens (including phenoxy) is 1. The first-order valence-corrected chi connectivity index (χ1v) is 29.7. The minimum Gasteiger partial charge on any atom is -0.466 e. The fraction of sp³-hybridized carbons (Fsp3) is 0.869. The summed E-state index contributed by atoms with van der Waals surface area (Å²) >= 11 is 0. The van der Waals surface area contributed by atoms with E-state index >= 15 is 0 Å². The number of amides is 1. The molecule has 394 valence electrons. The SMILES string of the molecule is CCCC/C=C\C/C=C\CCCCCCCC(=O)OCCCCCCCCCCCC/C=C\CCCCCCCCCC(=O)NC(CO)C(O)CCCCCCCCCCCCCCCCC. The van der Waals surface area contributed by atoms with Crippen molar-refractivity contribution in [3.63, 3.8) is 0 Å². The van der Waals surface area contributed by atoms with Crippen LogP contribution in [0.2, 0.25) is 0 Å². The van der Waals surface area contributed by atoms with E-state index in [0.29, 0.717) is 25.9 Å². The van der Waals surface area contributed by atoms with Gasteiger partial charge in [0.2, 0.25) is 5.91 Å². The van der Waals surface area contributed by atoms with E-state index in [2.05, 4.69) is 55.6 Å². The van der Waals surface area contributed by atoms with Crippen LogP contribution in [0.4, 0.5) is 0 Å². The number of aliphatic hydroxyl groups is 2. The lowest BCUT2D eigenvalue weighted by Gasteiger charge is -2.22. The quantitative estimate of drug-likeness (QED) is 0.0321. The molecule has 2 unspecified atom stereocenters. The van der Waals surface area contributed by atoms with Crippen LogP contribution < -0.4 is 5.32 Å². The summed E-state index contributed by atoms with van der Waals surface area (Å²) < 4.78 is 5.47. The zero-order chi connectivity index (χ0) is 48.6. The molecular formula is C61H115NO5. The molecule has 1 amide bonds. The smallest absolute Gasteiger partial charge is 0.305 e. The third-order valence-corrected chi connectivity index (χ3v) is 13.7. The Morgan fingerprint density at radius 1 is 0.418 bits per heavy atom. The van der Waals surface area contributed by atoms with Gasteiger partial charge >= 0.3 is 5.97 Å². The number of esters is 1. The van der Waals surface area contributed by atoms with E-state index in [9.17, 15) is 19.8 Å². The average Bonchev–Trinajstić information content (AvgIpc) is 3.33. The molecule has 6 heteroatoms. The fourth-order valence-corrected chi connectivity index (χ4v) is 9.06. The predicted octanol–water partition coefficient (Wildman–Crippen LogP) is 18.4. The Morgan fingerprint density at radius 3 is 1.19 bits per heavy atom. The van der Waals surface area contributed by atoms with Gasteiger partial charge in [0.1, 0.15) is 0 Å². The Balaban J connectivity index is 3.43. The lowest BCUT2D eigenvalue weighted by molar-refractivity contribution is -0.143. The van der Waals surface area contributed by atoms with Crippen LogP contribution in [0, 0.1) is 0 Å². The highest BCUT2D eigenvalue weighted by Gasteiger charge is 2.20. The maximum Gasteiger partial charge on any atom is 0.305 e. The molecule has 2 atom stereocenters. The van der Waals surface area contributed by atoms with Crippen molar-refractivity contribution in [3.05, 3.63) is 36.5 Å². The van der Waals surface area contributed by atoms with E-state index in [0.717, 1.165) is 51.4 Å². The topological polar surface area (TPSA) is 95.9 Å². The summed E-state index contributed by atoms with van der Waals surface area (Å²) in [6.45, 7) is 4.91. The second kappa shape index (κ2) is 56.7. The van der Waals surface area contributed by atoms with Gasteiger partial charge in [-0.25, -0.2) is 0 Å². The number of unbranched alkanes of at least 4 members (excludes halogenated alkanes) is 38. The van der Waals surface area contributed by atoms with Gasteiger partial charge in [-0.2, -0.15) is 0 Å². The van der Waals surface area contributed by atoms with Gasteiger partial charge in [-0.1, -0.05) is 262 Å². The van der Waals surface area contributed by atoms with Gasteiger partial charge in [0, 0.05) is 12.8 Å². The van der Waals surface area contributed by atoms with Crippen LogP contribution in [0.25, 0.3) is 0 Å². The first-order chi connectivity index (χ1) is 33.0. The number of aliphatic hydroxyl groups excluding tert-OH is 2. The predicted molar refractivity (Wildman–Crippen MR) is 292 cm³/mol.